The number of rotatable bonds is 2. The second-order valence-corrected chi connectivity index (χ2v) is 7.76. The van der Waals surface area contributed by atoms with Crippen LogP contribution in [0.1, 0.15) is 43.4 Å². The lowest BCUT2D eigenvalue weighted by molar-refractivity contribution is 0.242. The number of fused-ring (bicyclic) bond motifs is 2. The average Bonchev–Trinajstić information content (AvgIpc) is 2.98. The first-order chi connectivity index (χ1) is 11.9. The van der Waals surface area contributed by atoms with Crippen LogP contribution in [0.15, 0.2) is 29.3 Å². The normalized spacial score (nSPS) is 15.5. The van der Waals surface area contributed by atoms with Crippen LogP contribution in [0.5, 0.6) is 0 Å². The minimum absolute atomic E-state index is 0.000202. The highest BCUT2D eigenvalue weighted by Gasteiger charge is 2.25. The fourth-order valence-electron chi connectivity index (χ4n) is 3.36. The molecule has 0 atom stereocenters. The minimum atomic E-state index is -0.150. The number of hydrogen-bond acceptors (Lipinski definition) is 4. The summed E-state index contributed by atoms with van der Waals surface area (Å²) in [6.45, 7) is 8.54. The van der Waals surface area contributed by atoms with E-state index >= 15 is 0 Å². The van der Waals surface area contributed by atoms with Gasteiger partial charge in [0.25, 0.3) is 5.56 Å². The van der Waals surface area contributed by atoms with Crippen molar-refractivity contribution in [1.82, 2.24) is 24.8 Å². The standard InChI is InChI=1S/C19H23N5O/c1-19(2,3)18-22-15-6-8-24(11-14(15)17(25)23-18)10-12-9-21-16-13(12)5-4-7-20-16/h4-5,7,9H,6,8,10-11H2,1-3H3,(H,20,21)(H,22,23,25). The molecule has 0 aliphatic carbocycles. The highest BCUT2D eigenvalue weighted by molar-refractivity contribution is 5.79. The lowest BCUT2D eigenvalue weighted by Crippen LogP contribution is -2.37. The summed E-state index contributed by atoms with van der Waals surface area (Å²) in [6.07, 6.45) is 4.61. The molecule has 130 valence electrons. The number of hydrogen-bond donors (Lipinski definition) is 2. The van der Waals surface area contributed by atoms with Crippen LogP contribution in [0.4, 0.5) is 0 Å². The number of aromatic nitrogens is 4. The molecule has 4 rings (SSSR count). The van der Waals surface area contributed by atoms with E-state index in [1.165, 1.54) is 5.56 Å². The van der Waals surface area contributed by atoms with E-state index in [1.807, 2.05) is 12.3 Å². The Morgan fingerprint density at radius 1 is 1.32 bits per heavy atom. The molecular weight excluding hydrogens is 314 g/mol. The summed E-state index contributed by atoms with van der Waals surface area (Å²) >= 11 is 0. The van der Waals surface area contributed by atoms with Crippen LogP contribution in [-0.2, 0) is 24.9 Å². The van der Waals surface area contributed by atoms with Crippen molar-refractivity contribution in [2.24, 2.45) is 0 Å². The maximum atomic E-state index is 12.6. The Balaban J connectivity index is 1.60. The molecule has 6 nitrogen and oxygen atoms in total. The number of nitrogens with one attached hydrogen (secondary N) is 2. The van der Waals surface area contributed by atoms with E-state index in [-0.39, 0.29) is 11.0 Å². The molecule has 0 spiro atoms. The van der Waals surface area contributed by atoms with Gasteiger partial charge < -0.3 is 9.97 Å². The molecule has 0 radical (unpaired) electrons. The van der Waals surface area contributed by atoms with Crippen molar-refractivity contribution in [3.05, 3.63) is 57.5 Å². The zero-order valence-electron chi connectivity index (χ0n) is 14.9. The van der Waals surface area contributed by atoms with Crippen LogP contribution in [0, 0.1) is 0 Å². The molecule has 0 bridgehead atoms. The van der Waals surface area contributed by atoms with Crippen LogP contribution in [-0.4, -0.2) is 31.4 Å². The van der Waals surface area contributed by atoms with Gasteiger partial charge in [-0.05, 0) is 17.7 Å². The molecule has 25 heavy (non-hydrogen) atoms. The third-order valence-electron chi connectivity index (χ3n) is 4.79. The summed E-state index contributed by atoms with van der Waals surface area (Å²) < 4.78 is 0. The zero-order valence-corrected chi connectivity index (χ0v) is 14.9. The molecule has 0 aromatic carbocycles. The van der Waals surface area contributed by atoms with Crippen LogP contribution in [0.25, 0.3) is 11.0 Å². The predicted octanol–water partition coefficient (Wildman–Crippen LogP) is 2.50. The SMILES string of the molecule is CC(C)(C)c1nc2c(c(=O)[nH]1)CN(Cc1c[nH]c3ncccc13)CC2. The molecule has 3 aromatic rings. The lowest BCUT2D eigenvalue weighted by atomic mass is 9.95. The van der Waals surface area contributed by atoms with Gasteiger partial charge in [0.15, 0.2) is 0 Å². The summed E-state index contributed by atoms with van der Waals surface area (Å²) in [5.41, 5.74) is 3.72. The summed E-state index contributed by atoms with van der Waals surface area (Å²) in [6, 6.07) is 4.03. The van der Waals surface area contributed by atoms with Gasteiger partial charge in [-0.15, -0.1) is 0 Å². The zero-order chi connectivity index (χ0) is 17.6. The van der Waals surface area contributed by atoms with Crippen LogP contribution >= 0.6 is 0 Å². The van der Waals surface area contributed by atoms with Crippen molar-refractivity contribution in [3.63, 3.8) is 0 Å². The fourth-order valence-corrected chi connectivity index (χ4v) is 3.36. The van der Waals surface area contributed by atoms with E-state index < -0.39 is 0 Å². The van der Waals surface area contributed by atoms with Gasteiger partial charge in [0, 0.05) is 49.2 Å². The molecule has 0 fully saturated rings. The average molecular weight is 337 g/mol. The van der Waals surface area contributed by atoms with Crippen molar-refractivity contribution < 1.29 is 0 Å². The smallest absolute Gasteiger partial charge is 0.255 e. The quantitative estimate of drug-likeness (QED) is 0.753. The van der Waals surface area contributed by atoms with Crippen molar-refractivity contribution in [1.29, 1.82) is 0 Å². The first-order valence-corrected chi connectivity index (χ1v) is 8.68. The Bertz CT molecular complexity index is 979. The fraction of sp³-hybridized carbons (Fsp3) is 0.421. The Kier molecular flexibility index (Phi) is 3.72. The van der Waals surface area contributed by atoms with Crippen LogP contribution in [0.3, 0.4) is 0 Å². The van der Waals surface area contributed by atoms with Crippen LogP contribution < -0.4 is 5.56 Å². The molecule has 3 aromatic heterocycles. The minimum Gasteiger partial charge on any atom is -0.346 e. The highest BCUT2D eigenvalue weighted by atomic mass is 16.1. The Morgan fingerprint density at radius 2 is 2.16 bits per heavy atom. The third-order valence-corrected chi connectivity index (χ3v) is 4.79. The second kappa shape index (κ2) is 5.81. The van der Waals surface area contributed by atoms with Gasteiger partial charge in [0.1, 0.15) is 11.5 Å². The summed E-state index contributed by atoms with van der Waals surface area (Å²) in [5.74, 6) is 0.771. The molecule has 0 unspecified atom stereocenters. The molecule has 2 N–H and O–H groups in total. The van der Waals surface area contributed by atoms with Crippen molar-refractivity contribution in [3.8, 4) is 0 Å². The van der Waals surface area contributed by atoms with Gasteiger partial charge in [0.2, 0.25) is 0 Å². The molecule has 6 heteroatoms. The summed E-state index contributed by atoms with van der Waals surface area (Å²) in [5, 5.41) is 1.14. The van der Waals surface area contributed by atoms with Gasteiger partial charge in [-0.25, -0.2) is 9.97 Å². The molecule has 0 amide bonds. The topological polar surface area (TPSA) is 77.7 Å². The number of nitrogens with zero attached hydrogens (tertiary/aromatic N) is 3. The molecular formula is C19H23N5O. The van der Waals surface area contributed by atoms with E-state index in [0.29, 0.717) is 6.54 Å². The monoisotopic (exact) mass is 337 g/mol. The Labute approximate surface area is 146 Å². The maximum Gasteiger partial charge on any atom is 0.255 e. The molecule has 0 saturated heterocycles. The largest absolute Gasteiger partial charge is 0.346 e. The first-order valence-electron chi connectivity index (χ1n) is 8.68. The van der Waals surface area contributed by atoms with Crippen molar-refractivity contribution in [2.75, 3.05) is 6.54 Å². The van der Waals surface area contributed by atoms with Crippen LogP contribution in [0.2, 0.25) is 0 Å². The maximum absolute atomic E-state index is 12.6. The predicted molar refractivity (Wildman–Crippen MR) is 97.5 cm³/mol. The summed E-state index contributed by atoms with van der Waals surface area (Å²) in [4.78, 5) is 30.1. The van der Waals surface area contributed by atoms with Crippen molar-refractivity contribution in [2.45, 2.75) is 45.7 Å². The van der Waals surface area contributed by atoms with Gasteiger partial charge >= 0.3 is 0 Å². The van der Waals surface area contributed by atoms with E-state index in [4.69, 9.17) is 4.98 Å². The molecule has 0 saturated carbocycles. The van der Waals surface area contributed by atoms with Gasteiger partial charge in [-0.1, -0.05) is 20.8 Å². The molecule has 4 heterocycles. The summed E-state index contributed by atoms with van der Waals surface area (Å²) in [7, 11) is 0. The van der Waals surface area contributed by atoms with Gasteiger partial charge in [-0.3, -0.25) is 9.69 Å². The first kappa shape index (κ1) is 16.0. The number of pyridine rings is 1. The van der Waals surface area contributed by atoms with E-state index in [9.17, 15) is 4.79 Å². The van der Waals surface area contributed by atoms with E-state index in [0.717, 1.165) is 47.6 Å². The lowest BCUT2D eigenvalue weighted by Gasteiger charge is -2.28. The van der Waals surface area contributed by atoms with E-state index in [1.54, 1.807) is 6.20 Å². The number of H-pyrrole nitrogens is 2. The van der Waals surface area contributed by atoms with Gasteiger partial charge in [0.05, 0.1) is 11.3 Å². The molecule has 1 aliphatic heterocycles. The number of aromatic amines is 2. The second-order valence-electron chi connectivity index (χ2n) is 7.76. The highest BCUT2D eigenvalue weighted by Crippen LogP contribution is 2.23. The Hall–Kier alpha value is -2.47. The molecule has 1 aliphatic rings. The van der Waals surface area contributed by atoms with E-state index in [2.05, 4.69) is 46.7 Å². The Morgan fingerprint density at radius 3 is 2.96 bits per heavy atom. The van der Waals surface area contributed by atoms with Gasteiger partial charge in [-0.2, -0.15) is 0 Å². The third kappa shape index (κ3) is 2.98. The van der Waals surface area contributed by atoms with Crippen molar-refractivity contribution >= 4 is 11.0 Å².